The Kier molecular flexibility index (Phi) is 2.13. The molecule has 0 aliphatic carbocycles. The number of nitrogens with one attached hydrogen (secondary N) is 2. The van der Waals surface area contributed by atoms with E-state index in [0.29, 0.717) is 5.57 Å². The maximum absolute atomic E-state index is 10.8. The van der Waals surface area contributed by atoms with Gasteiger partial charge in [0, 0.05) is 11.8 Å². The van der Waals surface area contributed by atoms with Crippen LogP contribution in [0.4, 0.5) is 0 Å². The number of hydrogen-bond donors (Lipinski definition) is 3. The van der Waals surface area contributed by atoms with Crippen LogP contribution in [0.5, 0.6) is 0 Å². The van der Waals surface area contributed by atoms with Crippen LogP contribution in [0.1, 0.15) is 0 Å². The van der Waals surface area contributed by atoms with Crippen molar-refractivity contribution in [2.45, 2.75) is 6.35 Å². The van der Waals surface area contributed by atoms with Crippen LogP contribution >= 0.6 is 11.6 Å². The van der Waals surface area contributed by atoms with E-state index in [4.69, 9.17) is 16.7 Å². The van der Waals surface area contributed by atoms with Gasteiger partial charge in [0.2, 0.25) is 6.35 Å². The number of amides is 1. The predicted molar refractivity (Wildman–Crippen MR) is 36.1 cm³/mol. The van der Waals surface area contributed by atoms with Gasteiger partial charge in [-0.3, -0.25) is 4.79 Å². The maximum atomic E-state index is 10.8. The van der Waals surface area contributed by atoms with E-state index in [0.717, 1.165) is 0 Å². The van der Waals surface area contributed by atoms with Gasteiger partial charge in [-0.25, -0.2) is 0 Å². The summed E-state index contributed by atoms with van der Waals surface area (Å²) in [7, 11) is 0. The molecule has 0 aromatic rings. The number of carbonyl (C=O) groups excluding carboxylic acids is 1. The Labute approximate surface area is 62.9 Å². The lowest BCUT2D eigenvalue weighted by molar-refractivity contribution is -0.121. The SMILES string of the molecule is O=C1NC(O)NC=C1CCl. The molecule has 0 saturated heterocycles. The summed E-state index contributed by atoms with van der Waals surface area (Å²) in [5.74, 6) is -0.188. The summed E-state index contributed by atoms with van der Waals surface area (Å²) in [5, 5.41) is 13.5. The standard InChI is InChI=1S/C5H7ClN2O2/c6-1-3-2-7-5(10)8-4(3)9/h2,5,7,10H,1H2,(H,8,9). The van der Waals surface area contributed by atoms with Crippen LogP contribution < -0.4 is 10.6 Å². The Morgan fingerprint density at radius 2 is 2.50 bits per heavy atom. The first-order valence-electron chi connectivity index (χ1n) is 2.74. The molecule has 5 heteroatoms. The molecule has 1 amide bonds. The molecular weight excluding hydrogens is 156 g/mol. The number of aliphatic hydroxyl groups excluding tert-OH is 1. The molecule has 1 atom stereocenters. The Morgan fingerprint density at radius 3 is 3.00 bits per heavy atom. The van der Waals surface area contributed by atoms with Gasteiger partial charge in [-0.1, -0.05) is 0 Å². The van der Waals surface area contributed by atoms with E-state index < -0.39 is 6.35 Å². The molecule has 0 saturated carbocycles. The van der Waals surface area contributed by atoms with Crippen molar-refractivity contribution < 1.29 is 9.90 Å². The van der Waals surface area contributed by atoms with Crippen LogP contribution in [-0.2, 0) is 4.79 Å². The van der Waals surface area contributed by atoms with Crippen molar-refractivity contribution in [3.8, 4) is 0 Å². The normalized spacial score (nSPS) is 24.8. The number of rotatable bonds is 1. The van der Waals surface area contributed by atoms with Gasteiger partial charge >= 0.3 is 0 Å². The summed E-state index contributed by atoms with van der Waals surface area (Å²) < 4.78 is 0. The lowest BCUT2D eigenvalue weighted by atomic mass is 10.3. The smallest absolute Gasteiger partial charge is 0.253 e. The van der Waals surface area contributed by atoms with E-state index in [1.54, 1.807) is 0 Å². The van der Waals surface area contributed by atoms with Crippen LogP contribution in [0, 0.1) is 0 Å². The van der Waals surface area contributed by atoms with Crippen LogP contribution in [0.15, 0.2) is 11.8 Å². The quantitative estimate of drug-likeness (QED) is 0.438. The van der Waals surface area contributed by atoms with E-state index in [-0.39, 0.29) is 11.8 Å². The third-order valence-electron chi connectivity index (χ3n) is 1.12. The summed E-state index contributed by atoms with van der Waals surface area (Å²) >= 11 is 5.37. The second-order valence-electron chi connectivity index (χ2n) is 1.85. The molecule has 1 unspecified atom stereocenters. The average Bonchev–Trinajstić information content (AvgIpc) is 1.88. The van der Waals surface area contributed by atoms with Crippen molar-refractivity contribution in [2.75, 3.05) is 5.88 Å². The molecule has 4 nitrogen and oxygen atoms in total. The molecule has 0 fully saturated rings. The second-order valence-corrected chi connectivity index (χ2v) is 2.11. The predicted octanol–water partition coefficient (Wildman–Crippen LogP) is -0.896. The number of aliphatic hydroxyl groups is 1. The van der Waals surface area contributed by atoms with Gasteiger partial charge in [0.1, 0.15) is 0 Å². The topological polar surface area (TPSA) is 61.4 Å². The van der Waals surface area contributed by atoms with Gasteiger partial charge in [0.05, 0.1) is 5.88 Å². The highest BCUT2D eigenvalue weighted by Gasteiger charge is 2.16. The molecule has 1 aliphatic rings. The molecule has 10 heavy (non-hydrogen) atoms. The average molecular weight is 163 g/mol. The highest BCUT2D eigenvalue weighted by molar-refractivity contribution is 6.22. The van der Waals surface area contributed by atoms with Gasteiger partial charge < -0.3 is 15.7 Å². The first-order valence-corrected chi connectivity index (χ1v) is 3.27. The molecule has 3 N–H and O–H groups in total. The Balaban J connectivity index is 2.66. The largest absolute Gasteiger partial charge is 0.356 e. The zero-order chi connectivity index (χ0) is 7.56. The van der Waals surface area contributed by atoms with Crippen LogP contribution in [-0.4, -0.2) is 23.2 Å². The zero-order valence-electron chi connectivity index (χ0n) is 5.10. The molecule has 0 aromatic carbocycles. The molecule has 1 aliphatic heterocycles. The van der Waals surface area contributed by atoms with E-state index >= 15 is 0 Å². The van der Waals surface area contributed by atoms with Crippen molar-refractivity contribution in [3.05, 3.63) is 11.8 Å². The molecule has 1 rings (SSSR count). The summed E-state index contributed by atoms with van der Waals surface area (Å²) in [6, 6.07) is 0. The van der Waals surface area contributed by atoms with Gasteiger partial charge in [0.15, 0.2) is 0 Å². The molecule has 0 bridgehead atoms. The Bertz CT molecular complexity index is 180. The van der Waals surface area contributed by atoms with E-state index in [2.05, 4.69) is 10.6 Å². The minimum atomic E-state index is -0.987. The summed E-state index contributed by atoms with van der Waals surface area (Å²) in [6.07, 6.45) is 0.413. The fourth-order valence-corrected chi connectivity index (χ4v) is 0.801. The second kappa shape index (κ2) is 2.90. The number of halogens is 1. The van der Waals surface area contributed by atoms with Crippen molar-refractivity contribution in [1.82, 2.24) is 10.6 Å². The van der Waals surface area contributed by atoms with Crippen LogP contribution in [0.3, 0.4) is 0 Å². The molecule has 1 heterocycles. The van der Waals surface area contributed by atoms with Crippen molar-refractivity contribution >= 4 is 17.5 Å². The summed E-state index contributed by atoms with van der Waals surface area (Å²) in [5.41, 5.74) is 0.423. The van der Waals surface area contributed by atoms with Gasteiger partial charge in [-0.05, 0) is 0 Å². The lowest BCUT2D eigenvalue weighted by Crippen LogP contribution is -2.47. The van der Waals surface area contributed by atoms with E-state index in [1.807, 2.05) is 0 Å². The molecular formula is C5H7ClN2O2. The monoisotopic (exact) mass is 162 g/mol. The highest BCUT2D eigenvalue weighted by Crippen LogP contribution is 2.00. The number of carbonyl (C=O) groups is 1. The fourth-order valence-electron chi connectivity index (χ4n) is 0.603. The number of alkyl halides is 1. The summed E-state index contributed by atoms with van der Waals surface area (Å²) in [4.78, 5) is 10.8. The van der Waals surface area contributed by atoms with Gasteiger partial charge in [0.25, 0.3) is 5.91 Å². The maximum Gasteiger partial charge on any atom is 0.253 e. The fraction of sp³-hybridized carbons (Fsp3) is 0.400. The van der Waals surface area contributed by atoms with Gasteiger partial charge in [-0.2, -0.15) is 0 Å². The molecule has 0 spiro atoms. The molecule has 0 radical (unpaired) electrons. The van der Waals surface area contributed by atoms with E-state index in [9.17, 15) is 4.79 Å². The number of hydrogen-bond acceptors (Lipinski definition) is 3. The van der Waals surface area contributed by atoms with Crippen molar-refractivity contribution in [3.63, 3.8) is 0 Å². The van der Waals surface area contributed by atoms with Crippen LogP contribution in [0.25, 0.3) is 0 Å². The van der Waals surface area contributed by atoms with Crippen molar-refractivity contribution in [1.29, 1.82) is 0 Å². The van der Waals surface area contributed by atoms with Gasteiger partial charge in [-0.15, -0.1) is 11.6 Å². The van der Waals surface area contributed by atoms with E-state index in [1.165, 1.54) is 6.20 Å². The van der Waals surface area contributed by atoms with Crippen molar-refractivity contribution in [2.24, 2.45) is 0 Å². The molecule has 0 aromatic heterocycles. The Morgan fingerprint density at radius 1 is 1.80 bits per heavy atom. The van der Waals surface area contributed by atoms with Crippen LogP contribution in [0.2, 0.25) is 0 Å². The first-order chi connectivity index (χ1) is 4.74. The highest BCUT2D eigenvalue weighted by atomic mass is 35.5. The minimum Gasteiger partial charge on any atom is -0.356 e. The zero-order valence-corrected chi connectivity index (χ0v) is 5.85. The Hall–Kier alpha value is -0.740. The summed E-state index contributed by atoms with van der Waals surface area (Å²) in [6.45, 7) is 0. The first kappa shape index (κ1) is 7.37. The lowest BCUT2D eigenvalue weighted by Gasteiger charge is -2.18. The minimum absolute atomic E-state index is 0.144. The third-order valence-corrected chi connectivity index (χ3v) is 1.41. The third kappa shape index (κ3) is 1.40. The molecule has 56 valence electrons.